The molecule has 0 aliphatic heterocycles. The fraction of sp³-hybridized carbons (Fsp3) is 0.188. The number of pyridine rings is 1. The molecule has 3 aromatic rings. The second kappa shape index (κ2) is 5.88. The highest BCUT2D eigenvalue weighted by molar-refractivity contribution is 9.10. The van der Waals surface area contributed by atoms with E-state index in [-0.39, 0.29) is 5.56 Å². The van der Waals surface area contributed by atoms with Crippen molar-refractivity contribution in [3.05, 3.63) is 56.9 Å². The van der Waals surface area contributed by atoms with Crippen molar-refractivity contribution < 1.29 is 0 Å². The number of nitrogens with one attached hydrogen (secondary N) is 1. The largest absolute Gasteiger partial charge is 0.324 e. The van der Waals surface area contributed by atoms with Crippen LogP contribution in [0.2, 0.25) is 0 Å². The molecule has 0 saturated carbocycles. The summed E-state index contributed by atoms with van der Waals surface area (Å²) in [4.78, 5) is 21.2. The fourth-order valence-electron chi connectivity index (χ4n) is 2.35. The molecule has 0 aliphatic carbocycles. The molecule has 0 unspecified atom stereocenters. The van der Waals surface area contributed by atoms with Gasteiger partial charge in [-0.25, -0.2) is 4.98 Å². The van der Waals surface area contributed by atoms with E-state index in [9.17, 15) is 4.79 Å². The Morgan fingerprint density at radius 1 is 1.23 bits per heavy atom. The van der Waals surface area contributed by atoms with E-state index in [0.29, 0.717) is 22.6 Å². The molecule has 0 bridgehead atoms. The highest BCUT2D eigenvalue weighted by Gasteiger charge is 2.12. The normalized spacial score (nSPS) is 10.9. The molecule has 0 aliphatic rings. The third-order valence-corrected chi connectivity index (χ3v) is 4.01. The number of nitrogens with zero attached hydrogens (tertiary/aromatic N) is 3. The zero-order valence-electron chi connectivity index (χ0n) is 12.3. The maximum absolute atomic E-state index is 12.2. The first-order chi connectivity index (χ1) is 10.6. The Kier molecular flexibility index (Phi) is 3.94. The Labute approximate surface area is 136 Å². The number of fused-ring (bicyclic) bond motifs is 1. The van der Waals surface area contributed by atoms with E-state index in [4.69, 9.17) is 0 Å². The summed E-state index contributed by atoms with van der Waals surface area (Å²) >= 11 is 3.31. The molecular formula is C16H15BrN4O. The third-order valence-electron chi connectivity index (χ3n) is 3.44. The molecule has 0 fully saturated rings. The van der Waals surface area contributed by atoms with Gasteiger partial charge in [-0.15, -0.1) is 0 Å². The summed E-state index contributed by atoms with van der Waals surface area (Å²) < 4.78 is 2.17. The average Bonchev–Trinajstić information content (AvgIpc) is 2.51. The fourth-order valence-corrected chi connectivity index (χ4v) is 2.80. The van der Waals surface area contributed by atoms with Crippen molar-refractivity contribution in [3.8, 4) is 0 Å². The van der Waals surface area contributed by atoms with E-state index < -0.39 is 0 Å². The van der Waals surface area contributed by atoms with E-state index in [0.717, 1.165) is 16.8 Å². The molecule has 1 N–H and O–H groups in total. The molecule has 2 aromatic heterocycles. The summed E-state index contributed by atoms with van der Waals surface area (Å²) in [5.41, 5.74) is 2.29. The van der Waals surface area contributed by atoms with Crippen molar-refractivity contribution in [1.82, 2.24) is 14.5 Å². The average molecular weight is 359 g/mol. The highest BCUT2D eigenvalue weighted by Crippen LogP contribution is 2.21. The molecule has 22 heavy (non-hydrogen) atoms. The lowest BCUT2D eigenvalue weighted by Gasteiger charge is -2.12. The van der Waals surface area contributed by atoms with Crippen LogP contribution < -0.4 is 10.9 Å². The molecule has 2 heterocycles. The number of aryl methyl sites for hydroxylation is 2. The van der Waals surface area contributed by atoms with E-state index >= 15 is 0 Å². The van der Waals surface area contributed by atoms with Crippen LogP contribution in [0.3, 0.4) is 0 Å². The summed E-state index contributed by atoms with van der Waals surface area (Å²) in [6.45, 7) is 4.39. The zero-order chi connectivity index (χ0) is 15.7. The number of benzene rings is 1. The summed E-state index contributed by atoms with van der Waals surface area (Å²) in [6.07, 6.45) is 0. The lowest BCUT2D eigenvalue weighted by atomic mass is 10.2. The number of rotatable bonds is 3. The summed E-state index contributed by atoms with van der Waals surface area (Å²) in [7, 11) is 0. The summed E-state index contributed by atoms with van der Waals surface area (Å²) in [6, 6.07) is 11.5. The number of halogens is 1. The molecular weight excluding hydrogens is 344 g/mol. The highest BCUT2D eigenvalue weighted by atomic mass is 79.9. The standard InChI is InChI=1S/C16H15BrN4O/c1-3-21-14-12(9-13(17)15(21)22)10(2)18-16(20-14)19-11-7-5-4-6-8-11/h4-9H,3H2,1-2H3,(H,18,19,20). The lowest BCUT2D eigenvalue weighted by molar-refractivity contribution is 0.744. The molecule has 3 rings (SSSR count). The lowest BCUT2D eigenvalue weighted by Crippen LogP contribution is -2.21. The van der Waals surface area contributed by atoms with E-state index in [2.05, 4.69) is 31.2 Å². The molecule has 6 heteroatoms. The van der Waals surface area contributed by atoms with E-state index in [1.54, 1.807) is 10.6 Å². The number of para-hydroxylation sites is 1. The Hall–Kier alpha value is -2.21. The maximum Gasteiger partial charge on any atom is 0.266 e. The SMILES string of the molecule is CCn1c(=O)c(Br)cc2c(C)nc(Nc3ccccc3)nc21. The van der Waals surface area contributed by atoms with Gasteiger partial charge in [0.15, 0.2) is 0 Å². The molecule has 0 saturated heterocycles. The van der Waals surface area contributed by atoms with Gasteiger partial charge in [0, 0.05) is 17.6 Å². The second-order valence-electron chi connectivity index (χ2n) is 4.90. The summed E-state index contributed by atoms with van der Waals surface area (Å²) in [5.74, 6) is 0.486. The van der Waals surface area contributed by atoms with E-state index in [1.807, 2.05) is 44.2 Å². The van der Waals surface area contributed by atoms with Crippen molar-refractivity contribution in [3.63, 3.8) is 0 Å². The van der Waals surface area contributed by atoms with Gasteiger partial charge in [0.25, 0.3) is 5.56 Å². The number of hydrogen-bond acceptors (Lipinski definition) is 4. The van der Waals surface area contributed by atoms with Gasteiger partial charge in [-0.05, 0) is 48.0 Å². The molecule has 112 valence electrons. The molecule has 0 amide bonds. The molecule has 1 aromatic carbocycles. The van der Waals surface area contributed by atoms with Gasteiger partial charge < -0.3 is 5.32 Å². The minimum absolute atomic E-state index is 0.0845. The summed E-state index contributed by atoms with van der Waals surface area (Å²) in [5, 5.41) is 4.04. The number of hydrogen-bond donors (Lipinski definition) is 1. The van der Waals surface area contributed by atoms with Crippen molar-refractivity contribution in [1.29, 1.82) is 0 Å². The van der Waals surface area contributed by atoms with Gasteiger partial charge >= 0.3 is 0 Å². The first-order valence-electron chi connectivity index (χ1n) is 7.00. The zero-order valence-corrected chi connectivity index (χ0v) is 13.9. The Morgan fingerprint density at radius 2 is 1.95 bits per heavy atom. The molecule has 0 radical (unpaired) electrons. The van der Waals surface area contributed by atoms with Gasteiger partial charge in [-0.3, -0.25) is 9.36 Å². The van der Waals surface area contributed by atoms with Gasteiger partial charge in [0.05, 0.1) is 10.2 Å². The Balaban J connectivity index is 2.19. The number of aromatic nitrogens is 3. The molecule has 0 atom stereocenters. The molecule has 5 nitrogen and oxygen atoms in total. The number of anilines is 2. The predicted octanol–water partition coefficient (Wildman–Crippen LogP) is 3.63. The van der Waals surface area contributed by atoms with Crippen LogP contribution in [0.15, 0.2) is 45.7 Å². The van der Waals surface area contributed by atoms with Gasteiger partial charge in [-0.2, -0.15) is 4.98 Å². The van der Waals surface area contributed by atoms with Crippen molar-refractivity contribution in [2.24, 2.45) is 0 Å². The van der Waals surface area contributed by atoms with Gasteiger partial charge in [0.1, 0.15) is 5.65 Å². The first-order valence-corrected chi connectivity index (χ1v) is 7.79. The smallest absolute Gasteiger partial charge is 0.266 e. The predicted molar refractivity (Wildman–Crippen MR) is 91.6 cm³/mol. The Morgan fingerprint density at radius 3 is 2.64 bits per heavy atom. The third kappa shape index (κ3) is 2.62. The van der Waals surface area contributed by atoms with Crippen LogP contribution in [0.4, 0.5) is 11.6 Å². The minimum atomic E-state index is -0.0845. The van der Waals surface area contributed by atoms with Crippen molar-refractivity contribution in [2.75, 3.05) is 5.32 Å². The van der Waals surface area contributed by atoms with Crippen molar-refractivity contribution >= 4 is 38.6 Å². The van der Waals surface area contributed by atoms with Crippen LogP contribution >= 0.6 is 15.9 Å². The first kappa shape index (κ1) is 14.7. The Bertz CT molecular complexity index is 890. The quantitative estimate of drug-likeness (QED) is 0.776. The van der Waals surface area contributed by atoms with Crippen LogP contribution in [0, 0.1) is 6.92 Å². The van der Waals surface area contributed by atoms with Gasteiger partial charge in [0.2, 0.25) is 5.95 Å². The monoisotopic (exact) mass is 358 g/mol. The van der Waals surface area contributed by atoms with Crippen molar-refractivity contribution in [2.45, 2.75) is 20.4 Å². The van der Waals surface area contributed by atoms with E-state index in [1.165, 1.54) is 0 Å². The van der Waals surface area contributed by atoms with Crippen LogP contribution in [0.5, 0.6) is 0 Å². The van der Waals surface area contributed by atoms with Gasteiger partial charge in [-0.1, -0.05) is 18.2 Å². The van der Waals surface area contributed by atoms with Crippen LogP contribution in [0.25, 0.3) is 11.0 Å². The van der Waals surface area contributed by atoms with Crippen LogP contribution in [-0.4, -0.2) is 14.5 Å². The molecule has 0 spiro atoms. The van der Waals surface area contributed by atoms with Crippen LogP contribution in [-0.2, 0) is 6.54 Å². The minimum Gasteiger partial charge on any atom is -0.324 e. The van der Waals surface area contributed by atoms with Crippen LogP contribution in [0.1, 0.15) is 12.6 Å². The second-order valence-corrected chi connectivity index (χ2v) is 5.76. The maximum atomic E-state index is 12.2. The topological polar surface area (TPSA) is 59.8 Å².